The Morgan fingerprint density at radius 1 is 0.897 bits per heavy atom. The summed E-state index contributed by atoms with van der Waals surface area (Å²) in [6, 6.07) is -0.425. The standard InChI is InChI=1S/C48H65N3O7/c1-29(2)14-13-19-46(8)20-18-32-39(52)36-40(53)37-38(50-26-24-49(9)25-27-50)34-28-35-45(6,7)58-47(43(34)54,21-17-31(5)44(55)51-22-11-10-12-23-51)48(35,37)57-42(36)33(41(32)56-46)16-15-30(3)4/h14-15,17-18,20,34-35,37-38,52H,10-13,16,19,21-28H2,1-9H3. The fraction of sp³-hybridized carbons (Fsp3) is 0.646. The van der Waals surface area contributed by atoms with Crippen molar-refractivity contribution in [1.82, 2.24) is 14.7 Å². The number of carbonyl (C=O) groups excluding carboxylic acids is 3. The number of amides is 1. The van der Waals surface area contributed by atoms with Crippen LogP contribution in [0.3, 0.4) is 0 Å². The molecule has 5 heterocycles. The van der Waals surface area contributed by atoms with E-state index in [4.69, 9.17) is 14.2 Å². The van der Waals surface area contributed by atoms with Gasteiger partial charge in [0, 0.05) is 74.7 Å². The van der Waals surface area contributed by atoms with Crippen LogP contribution in [0.15, 0.2) is 41.0 Å². The summed E-state index contributed by atoms with van der Waals surface area (Å²) in [5.74, 6) is -1.18. The van der Waals surface area contributed by atoms with E-state index in [2.05, 4.69) is 49.8 Å². The van der Waals surface area contributed by atoms with Crippen LogP contribution in [0, 0.1) is 17.8 Å². The van der Waals surface area contributed by atoms with Crippen molar-refractivity contribution in [3.63, 3.8) is 0 Å². The van der Waals surface area contributed by atoms with Gasteiger partial charge in [-0.05, 0) is 120 Å². The number of ether oxygens (including phenoxy) is 3. The Morgan fingerprint density at radius 3 is 2.26 bits per heavy atom. The number of piperazine rings is 1. The molecule has 10 nitrogen and oxygen atoms in total. The minimum Gasteiger partial charge on any atom is -0.506 e. The number of ketones is 2. The Bertz CT molecular complexity index is 2010. The lowest BCUT2D eigenvalue weighted by Gasteiger charge is -2.65. The molecule has 3 saturated carbocycles. The number of Topliss-reactive ketones (excluding diaryl/α,β-unsaturated/α-hetero) is 2. The maximum absolute atomic E-state index is 15.9. The second-order valence-electron chi connectivity index (χ2n) is 19.6. The van der Waals surface area contributed by atoms with Crippen molar-refractivity contribution in [3.8, 4) is 17.2 Å². The highest BCUT2D eigenvalue weighted by Gasteiger charge is 2.86. The van der Waals surface area contributed by atoms with E-state index in [1.807, 2.05) is 57.7 Å². The first-order chi connectivity index (χ1) is 27.4. The molecule has 3 saturated heterocycles. The number of benzene rings is 1. The van der Waals surface area contributed by atoms with Crippen LogP contribution < -0.4 is 9.47 Å². The number of rotatable bonds is 9. The van der Waals surface area contributed by atoms with Crippen molar-refractivity contribution < 1.29 is 33.7 Å². The zero-order chi connectivity index (χ0) is 41.5. The number of aromatic hydroxyl groups is 1. The Kier molecular flexibility index (Phi) is 10.4. The minimum absolute atomic E-state index is 0.0212. The lowest BCUT2D eigenvalue weighted by atomic mass is 9.44. The highest BCUT2D eigenvalue weighted by molar-refractivity contribution is 6.10. The molecule has 1 amide bonds. The molecule has 1 spiro atoms. The lowest BCUT2D eigenvalue weighted by Crippen LogP contribution is -2.82. The SMILES string of the molecule is CC(C)=CCCC1(C)C=Cc2c(O)c3c(c(CC=C(C)C)c2O1)OC12C(C3=O)C(N3CCN(C)CC3)C3CC1C(C)(C)OC2(CC=C(C)C(=O)N1CCCCC1)C3=O. The van der Waals surface area contributed by atoms with E-state index in [1.54, 1.807) is 0 Å². The van der Waals surface area contributed by atoms with Crippen LogP contribution in [0.2, 0.25) is 0 Å². The monoisotopic (exact) mass is 795 g/mol. The summed E-state index contributed by atoms with van der Waals surface area (Å²) >= 11 is 0. The summed E-state index contributed by atoms with van der Waals surface area (Å²) in [6.07, 6.45) is 15.8. The van der Waals surface area contributed by atoms with Gasteiger partial charge in [-0.25, -0.2) is 0 Å². The molecule has 1 aromatic rings. The van der Waals surface area contributed by atoms with E-state index >= 15 is 9.59 Å². The van der Waals surface area contributed by atoms with E-state index in [1.165, 1.54) is 5.57 Å². The quantitative estimate of drug-likeness (QED) is 0.201. The van der Waals surface area contributed by atoms with Crippen LogP contribution >= 0.6 is 0 Å². The molecule has 6 fully saturated rings. The number of hydrogen-bond donors (Lipinski definition) is 1. The van der Waals surface area contributed by atoms with E-state index in [9.17, 15) is 9.90 Å². The fourth-order valence-electron chi connectivity index (χ4n) is 11.7. The molecule has 3 aliphatic carbocycles. The van der Waals surface area contributed by atoms with E-state index in [0.29, 0.717) is 54.1 Å². The number of phenolic OH excluding ortho intramolecular Hbond substituents is 1. The predicted octanol–water partition coefficient (Wildman–Crippen LogP) is 7.47. The third-order valence-electron chi connectivity index (χ3n) is 14.7. The van der Waals surface area contributed by atoms with Crippen LogP contribution in [0.4, 0.5) is 0 Å². The van der Waals surface area contributed by atoms with Gasteiger partial charge in [0.15, 0.2) is 22.8 Å². The van der Waals surface area contributed by atoms with Crippen LogP contribution in [0.5, 0.6) is 17.2 Å². The summed E-state index contributed by atoms with van der Waals surface area (Å²) < 4.78 is 21.8. The number of piperidine rings is 1. The smallest absolute Gasteiger partial charge is 0.249 e. The molecular formula is C48H65N3O7. The molecule has 1 aromatic carbocycles. The molecule has 8 aliphatic rings. The summed E-state index contributed by atoms with van der Waals surface area (Å²) in [7, 11) is 2.10. The average molecular weight is 796 g/mol. The van der Waals surface area contributed by atoms with Crippen molar-refractivity contribution in [2.75, 3.05) is 46.3 Å². The van der Waals surface area contributed by atoms with Gasteiger partial charge in [0.05, 0.1) is 17.1 Å². The zero-order valence-corrected chi connectivity index (χ0v) is 36.3. The average Bonchev–Trinajstić information content (AvgIpc) is 3.32. The first-order valence-electron chi connectivity index (χ1n) is 21.9. The van der Waals surface area contributed by atoms with Crippen LogP contribution in [-0.2, 0) is 20.7 Å². The maximum atomic E-state index is 15.9. The molecular weight excluding hydrogens is 731 g/mol. The topological polar surface area (TPSA) is 109 Å². The fourth-order valence-corrected chi connectivity index (χ4v) is 11.7. The van der Waals surface area contributed by atoms with Gasteiger partial charge in [0.2, 0.25) is 5.91 Å². The Balaban J connectivity index is 1.32. The Morgan fingerprint density at radius 2 is 1.59 bits per heavy atom. The van der Waals surface area contributed by atoms with Crippen molar-refractivity contribution in [2.24, 2.45) is 17.8 Å². The molecule has 1 N–H and O–H groups in total. The molecule has 0 aromatic heterocycles. The second kappa shape index (κ2) is 14.8. The van der Waals surface area contributed by atoms with Gasteiger partial charge in [-0.2, -0.15) is 0 Å². The van der Waals surface area contributed by atoms with Crippen molar-refractivity contribution in [1.29, 1.82) is 0 Å². The van der Waals surface area contributed by atoms with Crippen LogP contribution in [-0.4, -0.2) is 112 Å². The summed E-state index contributed by atoms with van der Waals surface area (Å²) in [5, 5.41) is 12.4. The number of phenols is 1. The third kappa shape index (κ3) is 6.34. The molecule has 58 heavy (non-hydrogen) atoms. The minimum atomic E-state index is -1.53. The van der Waals surface area contributed by atoms with Crippen molar-refractivity contribution in [3.05, 3.63) is 57.7 Å². The van der Waals surface area contributed by atoms with Gasteiger partial charge in [-0.3, -0.25) is 19.3 Å². The highest BCUT2D eigenvalue weighted by Crippen LogP contribution is 2.71. The van der Waals surface area contributed by atoms with E-state index < -0.39 is 40.3 Å². The summed E-state index contributed by atoms with van der Waals surface area (Å²) in [4.78, 5) is 51.8. The first kappa shape index (κ1) is 41.0. The molecule has 7 unspecified atom stereocenters. The maximum Gasteiger partial charge on any atom is 0.249 e. The number of fused-ring (bicyclic) bond motifs is 2. The number of likely N-dealkylation sites (tertiary alicyclic amines) is 1. The second-order valence-corrected chi connectivity index (χ2v) is 19.6. The number of allylic oxidation sites excluding steroid dienone is 4. The Labute approximate surface area is 345 Å². The molecule has 0 radical (unpaired) electrons. The summed E-state index contributed by atoms with van der Waals surface area (Å²) in [5.41, 5.74) is -0.173. The highest BCUT2D eigenvalue weighted by atomic mass is 16.6. The van der Waals surface area contributed by atoms with E-state index in [-0.39, 0.29) is 41.1 Å². The number of likely N-dealkylation sites (N-methyl/N-ethyl adjacent to an activating group) is 1. The number of hydrogen-bond acceptors (Lipinski definition) is 9. The first-order valence-corrected chi connectivity index (χ1v) is 21.9. The lowest BCUT2D eigenvalue weighted by molar-refractivity contribution is -0.214. The van der Waals surface area contributed by atoms with E-state index in [0.717, 1.165) is 63.9 Å². The zero-order valence-electron chi connectivity index (χ0n) is 36.3. The van der Waals surface area contributed by atoms with Crippen molar-refractivity contribution >= 4 is 23.5 Å². The molecule has 9 rings (SSSR count). The molecule has 4 bridgehead atoms. The van der Waals surface area contributed by atoms with Gasteiger partial charge in [-0.15, -0.1) is 0 Å². The van der Waals surface area contributed by atoms with Gasteiger partial charge in [0.1, 0.15) is 28.4 Å². The largest absolute Gasteiger partial charge is 0.506 e. The summed E-state index contributed by atoms with van der Waals surface area (Å²) in [6.45, 7) is 20.7. The molecule has 7 atom stereocenters. The van der Waals surface area contributed by atoms with Gasteiger partial charge >= 0.3 is 0 Å². The molecule has 314 valence electrons. The van der Waals surface area contributed by atoms with Gasteiger partial charge < -0.3 is 29.1 Å². The normalized spacial score (nSPS) is 33.8. The van der Waals surface area contributed by atoms with Gasteiger partial charge in [-0.1, -0.05) is 29.4 Å². The van der Waals surface area contributed by atoms with Crippen LogP contribution in [0.25, 0.3) is 6.08 Å². The number of carbonyl (C=O) groups is 3. The van der Waals surface area contributed by atoms with Gasteiger partial charge in [0.25, 0.3) is 0 Å². The third-order valence-corrected chi connectivity index (χ3v) is 14.7. The Hall–Kier alpha value is -3.73. The molecule has 10 heteroatoms. The van der Waals surface area contributed by atoms with Crippen molar-refractivity contribution in [2.45, 2.75) is 135 Å². The molecule has 5 aliphatic heterocycles. The number of nitrogens with zero attached hydrogens (tertiary/aromatic N) is 3. The predicted molar refractivity (Wildman–Crippen MR) is 225 cm³/mol. The van der Waals surface area contributed by atoms with Crippen LogP contribution in [0.1, 0.15) is 122 Å².